The lowest BCUT2D eigenvalue weighted by molar-refractivity contribution is -0.0132. The lowest BCUT2D eigenvalue weighted by atomic mass is 9.68. The Morgan fingerprint density at radius 3 is 1.73 bits per heavy atom. The summed E-state index contributed by atoms with van der Waals surface area (Å²) in [5.74, 6) is 0.553. The SMILES string of the molecule is CCCCCC1CCC(C2CCC(CC(C)(F)F)CC2)CC1. The number of unbranched alkanes of at least 4 members (excludes halogenated alkanes) is 2. The van der Waals surface area contributed by atoms with E-state index in [2.05, 4.69) is 6.92 Å². The van der Waals surface area contributed by atoms with Gasteiger partial charge in [-0.25, -0.2) is 8.78 Å². The van der Waals surface area contributed by atoms with Crippen molar-refractivity contribution in [2.24, 2.45) is 23.7 Å². The Hall–Kier alpha value is -0.140. The summed E-state index contributed by atoms with van der Waals surface area (Å²) < 4.78 is 26.3. The average molecular weight is 315 g/mol. The first-order chi connectivity index (χ1) is 10.5. The van der Waals surface area contributed by atoms with Gasteiger partial charge in [0.25, 0.3) is 0 Å². The van der Waals surface area contributed by atoms with Gasteiger partial charge in [0.2, 0.25) is 5.92 Å². The van der Waals surface area contributed by atoms with Crippen LogP contribution in [0.25, 0.3) is 0 Å². The van der Waals surface area contributed by atoms with Gasteiger partial charge in [-0.3, -0.25) is 0 Å². The molecule has 2 aliphatic carbocycles. The maximum absolute atomic E-state index is 13.1. The van der Waals surface area contributed by atoms with E-state index in [0.717, 1.165) is 37.5 Å². The molecule has 2 aliphatic rings. The van der Waals surface area contributed by atoms with Crippen LogP contribution in [0.15, 0.2) is 0 Å². The van der Waals surface area contributed by atoms with Crippen LogP contribution in [0.2, 0.25) is 0 Å². The second kappa shape index (κ2) is 8.64. The topological polar surface area (TPSA) is 0 Å². The van der Waals surface area contributed by atoms with Crippen molar-refractivity contribution >= 4 is 0 Å². The van der Waals surface area contributed by atoms with Gasteiger partial charge in [0.15, 0.2) is 0 Å². The molecule has 0 unspecified atom stereocenters. The first kappa shape index (κ1) is 18.2. The first-order valence-corrected chi connectivity index (χ1v) is 9.85. The van der Waals surface area contributed by atoms with Crippen molar-refractivity contribution in [3.05, 3.63) is 0 Å². The van der Waals surface area contributed by atoms with E-state index < -0.39 is 5.92 Å². The molecule has 0 aromatic carbocycles. The second-order valence-electron chi connectivity index (χ2n) is 8.33. The molecule has 0 atom stereocenters. The second-order valence-corrected chi connectivity index (χ2v) is 8.33. The van der Waals surface area contributed by atoms with Gasteiger partial charge in [0.1, 0.15) is 0 Å². The van der Waals surface area contributed by atoms with Gasteiger partial charge in [0.05, 0.1) is 0 Å². The molecule has 0 heterocycles. The Balaban J connectivity index is 1.64. The van der Waals surface area contributed by atoms with Crippen molar-refractivity contribution < 1.29 is 8.78 Å². The van der Waals surface area contributed by atoms with E-state index in [1.54, 1.807) is 0 Å². The summed E-state index contributed by atoms with van der Waals surface area (Å²) in [4.78, 5) is 0. The van der Waals surface area contributed by atoms with Crippen LogP contribution in [-0.4, -0.2) is 5.92 Å². The largest absolute Gasteiger partial charge is 0.245 e. The molecule has 0 radical (unpaired) electrons. The van der Waals surface area contributed by atoms with E-state index in [4.69, 9.17) is 0 Å². The molecule has 2 saturated carbocycles. The molecule has 0 amide bonds. The van der Waals surface area contributed by atoms with Crippen molar-refractivity contribution in [3.63, 3.8) is 0 Å². The summed E-state index contributed by atoms with van der Waals surface area (Å²) >= 11 is 0. The summed E-state index contributed by atoms with van der Waals surface area (Å²) in [6, 6.07) is 0. The molecule has 2 rings (SSSR count). The highest BCUT2D eigenvalue weighted by Crippen LogP contribution is 2.44. The van der Waals surface area contributed by atoms with Crippen molar-refractivity contribution in [3.8, 4) is 0 Å². The predicted molar refractivity (Wildman–Crippen MR) is 90.3 cm³/mol. The molecular weight excluding hydrogens is 278 g/mol. The van der Waals surface area contributed by atoms with Crippen LogP contribution in [-0.2, 0) is 0 Å². The Labute approximate surface area is 136 Å². The minimum absolute atomic E-state index is 0.115. The summed E-state index contributed by atoms with van der Waals surface area (Å²) in [5, 5.41) is 0. The fraction of sp³-hybridized carbons (Fsp3) is 1.00. The lowest BCUT2D eigenvalue weighted by Gasteiger charge is -2.38. The van der Waals surface area contributed by atoms with Gasteiger partial charge < -0.3 is 0 Å². The quantitative estimate of drug-likeness (QED) is 0.435. The maximum Gasteiger partial charge on any atom is 0.245 e. The number of hydrogen-bond donors (Lipinski definition) is 0. The smallest absolute Gasteiger partial charge is 0.207 e. The highest BCUT2D eigenvalue weighted by molar-refractivity contribution is 4.83. The van der Waals surface area contributed by atoms with Crippen LogP contribution in [0.3, 0.4) is 0 Å². The van der Waals surface area contributed by atoms with Gasteiger partial charge in [-0.1, -0.05) is 45.4 Å². The van der Waals surface area contributed by atoms with Gasteiger partial charge in [-0.2, -0.15) is 0 Å². The van der Waals surface area contributed by atoms with Crippen molar-refractivity contribution in [2.45, 2.75) is 103 Å². The first-order valence-electron chi connectivity index (χ1n) is 9.85. The van der Waals surface area contributed by atoms with E-state index in [1.807, 2.05) is 0 Å². The molecule has 0 nitrogen and oxygen atoms in total. The van der Waals surface area contributed by atoms with Crippen molar-refractivity contribution in [2.75, 3.05) is 0 Å². The molecule has 0 N–H and O–H groups in total. The highest BCUT2D eigenvalue weighted by atomic mass is 19.3. The van der Waals surface area contributed by atoms with Gasteiger partial charge >= 0.3 is 0 Å². The van der Waals surface area contributed by atoms with E-state index in [-0.39, 0.29) is 12.3 Å². The van der Waals surface area contributed by atoms with Gasteiger partial charge in [-0.15, -0.1) is 0 Å². The zero-order valence-electron chi connectivity index (χ0n) is 14.8. The fourth-order valence-corrected chi connectivity index (χ4v) is 5.00. The third-order valence-corrected chi connectivity index (χ3v) is 6.31. The Kier molecular flexibility index (Phi) is 7.15. The summed E-state index contributed by atoms with van der Waals surface area (Å²) in [6.07, 6.45) is 15.9. The molecule has 130 valence electrons. The molecule has 0 saturated heterocycles. The minimum Gasteiger partial charge on any atom is -0.207 e. The van der Waals surface area contributed by atoms with Gasteiger partial charge in [-0.05, 0) is 69.1 Å². The van der Waals surface area contributed by atoms with Crippen molar-refractivity contribution in [1.82, 2.24) is 0 Å². The van der Waals surface area contributed by atoms with E-state index in [9.17, 15) is 8.78 Å². The van der Waals surface area contributed by atoms with Gasteiger partial charge in [0, 0.05) is 6.42 Å². The van der Waals surface area contributed by atoms with Crippen LogP contribution in [0.1, 0.15) is 97.3 Å². The van der Waals surface area contributed by atoms with Crippen molar-refractivity contribution in [1.29, 1.82) is 0 Å². The Morgan fingerprint density at radius 2 is 1.27 bits per heavy atom. The van der Waals surface area contributed by atoms with E-state index >= 15 is 0 Å². The third kappa shape index (κ3) is 6.16. The summed E-state index contributed by atoms with van der Waals surface area (Å²) in [6.45, 7) is 3.36. The van der Waals surface area contributed by atoms with E-state index in [0.29, 0.717) is 0 Å². The molecule has 0 aliphatic heterocycles. The predicted octanol–water partition coefficient (Wildman–Crippen LogP) is 7.22. The molecule has 22 heavy (non-hydrogen) atoms. The monoisotopic (exact) mass is 314 g/mol. The molecule has 2 heteroatoms. The number of alkyl halides is 2. The summed E-state index contributed by atoms with van der Waals surface area (Å²) in [5.41, 5.74) is 0. The minimum atomic E-state index is -2.46. The number of halogens is 2. The normalized spacial score (nSPS) is 33.8. The Morgan fingerprint density at radius 1 is 0.773 bits per heavy atom. The van der Waals surface area contributed by atoms with Crippen LogP contribution in [0, 0.1) is 23.7 Å². The molecule has 0 spiro atoms. The van der Waals surface area contributed by atoms with Crippen LogP contribution >= 0.6 is 0 Å². The summed E-state index contributed by atoms with van der Waals surface area (Å²) in [7, 11) is 0. The highest BCUT2D eigenvalue weighted by Gasteiger charge is 2.33. The zero-order valence-corrected chi connectivity index (χ0v) is 14.8. The lowest BCUT2D eigenvalue weighted by Crippen LogP contribution is -2.27. The molecule has 0 bridgehead atoms. The molecule has 0 aromatic rings. The molecular formula is C20H36F2. The molecule has 2 fully saturated rings. The zero-order chi connectivity index (χ0) is 16.0. The van der Waals surface area contributed by atoms with Crippen LogP contribution in [0.4, 0.5) is 8.78 Å². The fourth-order valence-electron chi connectivity index (χ4n) is 5.00. The molecule has 0 aromatic heterocycles. The number of rotatable bonds is 7. The maximum atomic E-state index is 13.1. The Bertz CT molecular complexity index is 291. The van der Waals surface area contributed by atoms with Crippen LogP contribution in [0.5, 0.6) is 0 Å². The van der Waals surface area contributed by atoms with Crippen LogP contribution < -0.4 is 0 Å². The van der Waals surface area contributed by atoms with E-state index in [1.165, 1.54) is 64.2 Å². The third-order valence-electron chi connectivity index (χ3n) is 6.31. The standard InChI is InChI=1S/C20H36F2/c1-3-4-5-6-16-7-11-18(12-8-16)19-13-9-17(10-14-19)15-20(2,21)22/h16-19H,3-15H2,1-2H3. The number of hydrogen-bond acceptors (Lipinski definition) is 0. The average Bonchev–Trinajstić information content (AvgIpc) is 2.48.